The molecule has 2 amide bonds. The molecule has 3 heterocycles. The van der Waals surface area contributed by atoms with Crippen molar-refractivity contribution in [2.24, 2.45) is 7.05 Å². The predicted octanol–water partition coefficient (Wildman–Crippen LogP) is 1.29. The van der Waals surface area contributed by atoms with Gasteiger partial charge in [0.1, 0.15) is 11.4 Å². The van der Waals surface area contributed by atoms with Gasteiger partial charge < -0.3 is 10.2 Å². The molecule has 0 bridgehead atoms. The molecule has 27 heavy (non-hydrogen) atoms. The van der Waals surface area contributed by atoms with E-state index in [0.717, 1.165) is 19.6 Å². The fourth-order valence-electron chi connectivity index (χ4n) is 3.86. The summed E-state index contributed by atoms with van der Waals surface area (Å²) < 4.78 is 1.51. The van der Waals surface area contributed by atoms with Crippen molar-refractivity contribution in [1.29, 1.82) is 0 Å². The first-order chi connectivity index (χ1) is 13.0. The monoisotopic (exact) mass is 368 g/mol. The molecule has 2 aliphatic heterocycles. The van der Waals surface area contributed by atoms with Gasteiger partial charge in [-0.3, -0.25) is 24.1 Å². The number of amides is 2. The first kappa shape index (κ1) is 17.7. The molecule has 0 spiro atoms. The average molecular weight is 368 g/mol. The van der Waals surface area contributed by atoms with Gasteiger partial charge in [0.05, 0.1) is 24.1 Å². The number of hydrogen-bond acceptors (Lipinski definition) is 5. The minimum absolute atomic E-state index is 0.0652. The summed E-state index contributed by atoms with van der Waals surface area (Å²) in [5.74, 6) is -0.328. The molecule has 1 aromatic carbocycles. The van der Waals surface area contributed by atoms with Crippen molar-refractivity contribution < 1.29 is 9.59 Å². The van der Waals surface area contributed by atoms with E-state index in [1.807, 2.05) is 24.3 Å². The molecule has 2 aromatic rings. The number of rotatable bonds is 2. The molecule has 8 nitrogen and oxygen atoms in total. The quantitative estimate of drug-likeness (QED) is 0.865. The van der Waals surface area contributed by atoms with Crippen LogP contribution in [0.25, 0.3) is 0 Å². The maximum Gasteiger partial charge on any atom is 0.276 e. The first-order valence-corrected chi connectivity index (χ1v) is 9.13. The highest BCUT2D eigenvalue weighted by Gasteiger charge is 2.33. The Labute approximate surface area is 158 Å². The standard InChI is InChI=1S/C19H24N6O2/c1-13-11-22(2)8-9-24(13)12-17(26)25-15-7-5-4-6-14(15)21-19(27)18-16(25)10-20-23(18)3/h4-7,10,13H,8-9,11-12H2,1-3H3,(H,21,27). The molecule has 1 N–H and O–H groups in total. The second kappa shape index (κ2) is 6.79. The number of fused-ring (bicyclic) bond motifs is 2. The fraction of sp³-hybridized carbons (Fsp3) is 0.421. The van der Waals surface area contributed by atoms with Gasteiger partial charge in [0.2, 0.25) is 5.91 Å². The zero-order valence-corrected chi connectivity index (χ0v) is 15.8. The van der Waals surface area contributed by atoms with Crippen LogP contribution in [0.1, 0.15) is 17.4 Å². The van der Waals surface area contributed by atoms with Crippen molar-refractivity contribution in [2.45, 2.75) is 13.0 Å². The van der Waals surface area contributed by atoms with Crippen molar-refractivity contribution in [2.75, 3.05) is 43.4 Å². The average Bonchev–Trinajstić information content (AvgIpc) is 2.94. The number of hydrogen-bond donors (Lipinski definition) is 1. The van der Waals surface area contributed by atoms with Crippen LogP contribution in [-0.4, -0.2) is 70.7 Å². The van der Waals surface area contributed by atoms with Crippen LogP contribution in [-0.2, 0) is 11.8 Å². The normalized spacial score (nSPS) is 20.6. The number of likely N-dealkylation sites (N-methyl/N-ethyl adjacent to an activating group) is 1. The van der Waals surface area contributed by atoms with Gasteiger partial charge >= 0.3 is 0 Å². The number of carbonyl (C=O) groups excluding carboxylic acids is 2. The van der Waals surface area contributed by atoms with E-state index >= 15 is 0 Å². The van der Waals surface area contributed by atoms with Crippen molar-refractivity contribution >= 4 is 28.9 Å². The Morgan fingerprint density at radius 2 is 2.00 bits per heavy atom. The summed E-state index contributed by atoms with van der Waals surface area (Å²) in [6, 6.07) is 7.67. The highest BCUT2D eigenvalue weighted by Crippen LogP contribution is 2.37. The van der Waals surface area contributed by atoms with Gasteiger partial charge in [0.15, 0.2) is 0 Å². The Kier molecular flexibility index (Phi) is 4.45. The molecule has 0 radical (unpaired) electrons. The number of nitrogens with one attached hydrogen (secondary N) is 1. The number of para-hydroxylation sites is 2. The Bertz CT molecular complexity index is 892. The van der Waals surface area contributed by atoms with Crippen LogP contribution in [0.2, 0.25) is 0 Å². The summed E-state index contributed by atoms with van der Waals surface area (Å²) >= 11 is 0. The minimum atomic E-state index is -0.263. The second-order valence-corrected chi connectivity index (χ2v) is 7.28. The number of aromatic nitrogens is 2. The Balaban J connectivity index is 1.71. The summed E-state index contributed by atoms with van der Waals surface area (Å²) in [5.41, 5.74) is 2.19. The molecule has 0 aliphatic carbocycles. The number of aryl methyl sites for hydroxylation is 1. The van der Waals surface area contributed by atoms with E-state index in [1.165, 1.54) is 4.68 Å². The molecule has 1 unspecified atom stereocenters. The third-order valence-electron chi connectivity index (χ3n) is 5.32. The number of nitrogens with zero attached hydrogens (tertiary/aromatic N) is 5. The van der Waals surface area contributed by atoms with Crippen LogP contribution in [0.5, 0.6) is 0 Å². The van der Waals surface area contributed by atoms with Crippen molar-refractivity contribution in [3.8, 4) is 0 Å². The fourth-order valence-corrected chi connectivity index (χ4v) is 3.86. The van der Waals surface area contributed by atoms with Crippen LogP contribution >= 0.6 is 0 Å². The number of benzene rings is 1. The molecule has 142 valence electrons. The highest BCUT2D eigenvalue weighted by atomic mass is 16.2. The van der Waals surface area contributed by atoms with E-state index in [9.17, 15) is 9.59 Å². The van der Waals surface area contributed by atoms with E-state index in [1.54, 1.807) is 18.1 Å². The number of anilines is 3. The molecule has 1 saturated heterocycles. The maximum absolute atomic E-state index is 13.4. The van der Waals surface area contributed by atoms with Crippen LogP contribution in [0.3, 0.4) is 0 Å². The van der Waals surface area contributed by atoms with Gasteiger partial charge in [-0.05, 0) is 26.1 Å². The summed E-state index contributed by atoms with van der Waals surface area (Å²) in [5, 5.41) is 7.10. The molecule has 0 saturated carbocycles. The van der Waals surface area contributed by atoms with Gasteiger partial charge in [-0.15, -0.1) is 0 Å². The summed E-state index contributed by atoms with van der Waals surface area (Å²) in [6.45, 7) is 5.15. The van der Waals surface area contributed by atoms with Gasteiger partial charge in [-0.25, -0.2) is 0 Å². The molecular weight excluding hydrogens is 344 g/mol. The van der Waals surface area contributed by atoms with Crippen LogP contribution in [0, 0.1) is 0 Å². The van der Waals surface area contributed by atoms with E-state index < -0.39 is 0 Å². The van der Waals surface area contributed by atoms with Crippen LogP contribution in [0.15, 0.2) is 30.5 Å². The summed E-state index contributed by atoms with van der Waals surface area (Å²) in [4.78, 5) is 32.1. The van der Waals surface area contributed by atoms with E-state index in [2.05, 4.69) is 34.2 Å². The SMILES string of the molecule is CC1CN(C)CCN1CC(=O)N1c2ccccc2NC(=O)c2c1cnn2C. The Hall–Kier alpha value is -2.71. The third-order valence-corrected chi connectivity index (χ3v) is 5.32. The topological polar surface area (TPSA) is 73.7 Å². The lowest BCUT2D eigenvalue weighted by Gasteiger charge is -2.38. The maximum atomic E-state index is 13.4. The predicted molar refractivity (Wildman–Crippen MR) is 103 cm³/mol. The zero-order valence-electron chi connectivity index (χ0n) is 15.8. The first-order valence-electron chi connectivity index (χ1n) is 9.13. The smallest absolute Gasteiger partial charge is 0.276 e. The van der Waals surface area contributed by atoms with Gasteiger partial charge in [-0.2, -0.15) is 5.10 Å². The van der Waals surface area contributed by atoms with E-state index in [0.29, 0.717) is 35.3 Å². The van der Waals surface area contributed by atoms with Gasteiger partial charge in [-0.1, -0.05) is 12.1 Å². The van der Waals surface area contributed by atoms with Gasteiger partial charge in [0.25, 0.3) is 5.91 Å². The molecular formula is C19H24N6O2. The number of piperazine rings is 1. The molecule has 8 heteroatoms. The Morgan fingerprint density at radius 1 is 1.22 bits per heavy atom. The van der Waals surface area contributed by atoms with E-state index in [4.69, 9.17) is 0 Å². The highest BCUT2D eigenvalue weighted by molar-refractivity contribution is 6.17. The summed E-state index contributed by atoms with van der Waals surface area (Å²) in [6.07, 6.45) is 1.59. The number of carbonyl (C=O) groups is 2. The zero-order chi connectivity index (χ0) is 19.1. The van der Waals surface area contributed by atoms with Gasteiger partial charge in [0, 0.05) is 32.7 Å². The molecule has 1 fully saturated rings. The largest absolute Gasteiger partial charge is 0.319 e. The molecule has 1 atom stereocenters. The van der Waals surface area contributed by atoms with Crippen LogP contribution < -0.4 is 10.2 Å². The van der Waals surface area contributed by atoms with Crippen LogP contribution in [0.4, 0.5) is 17.1 Å². The summed E-state index contributed by atoms with van der Waals surface area (Å²) in [7, 11) is 3.81. The second-order valence-electron chi connectivity index (χ2n) is 7.28. The molecule has 4 rings (SSSR count). The Morgan fingerprint density at radius 3 is 2.78 bits per heavy atom. The minimum Gasteiger partial charge on any atom is -0.319 e. The van der Waals surface area contributed by atoms with E-state index in [-0.39, 0.29) is 11.8 Å². The lowest BCUT2D eigenvalue weighted by atomic mass is 10.2. The molecule has 2 aliphatic rings. The molecule has 1 aromatic heterocycles. The third kappa shape index (κ3) is 3.11. The van der Waals surface area contributed by atoms with Crippen molar-refractivity contribution in [1.82, 2.24) is 19.6 Å². The lowest BCUT2D eigenvalue weighted by Crippen LogP contribution is -2.53. The van der Waals surface area contributed by atoms with Crippen molar-refractivity contribution in [3.63, 3.8) is 0 Å². The van der Waals surface area contributed by atoms with Crippen molar-refractivity contribution in [3.05, 3.63) is 36.2 Å². The lowest BCUT2D eigenvalue weighted by molar-refractivity contribution is -0.120.